The first-order valence-electron chi connectivity index (χ1n) is 9.45. The molecule has 3 heterocycles. The number of hydrogen-bond acceptors (Lipinski definition) is 7. The van der Waals surface area contributed by atoms with E-state index in [1.54, 1.807) is 6.26 Å². The monoisotopic (exact) mass is 380 g/mol. The van der Waals surface area contributed by atoms with Crippen LogP contribution in [0.25, 0.3) is 0 Å². The molecule has 0 saturated carbocycles. The highest BCUT2D eigenvalue weighted by atomic mass is 16.5. The van der Waals surface area contributed by atoms with Crippen molar-refractivity contribution in [2.45, 2.75) is 6.04 Å². The maximum Gasteiger partial charge on any atom is 0.309 e. The Kier molecular flexibility index (Phi) is 7.64. The number of ether oxygens (including phenoxy) is 2. The molecule has 2 aliphatic heterocycles. The largest absolute Gasteiger partial charge is 0.468 e. The number of morpholine rings is 2. The standard InChI is InChI=1S/C18H28N4O5/c23-17(19-3-4-21-5-10-25-11-6-21)18(24)20-14-15(16-2-1-9-27-16)22-7-12-26-13-8-22/h1-2,9,15H,3-8,10-14H2,(H,19,23)(H,20,24)/t15-/m1/s1. The highest BCUT2D eigenvalue weighted by Gasteiger charge is 2.26. The molecular weight excluding hydrogens is 352 g/mol. The summed E-state index contributed by atoms with van der Waals surface area (Å²) in [6.45, 7) is 7.40. The second-order valence-corrected chi connectivity index (χ2v) is 6.60. The summed E-state index contributed by atoms with van der Waals surface area (Å²) in [5.41, 5.74) is 0. The van der Waals surface area contributed by atoms with E-state index in [1.807, 2.05) is 12.1 Å². The van der Waals surface area contributed by atoms with Gasteiger partial charge in [-0.1, -0.05) is 0 Å². The molecule has 150 valence electrons. The molecule has 1 atom stereocenters. The fourth-order valence-electron chi connectivity index (χ4n) is 3.28. The number of amides is 2. The molecular formula is C18H28N4O5. The van der Waals surface area contributed by atoms with Crippen molar-refractivity contribution in [1.29, 1.82) is 0 Å². The Hall–Kier alpha value is -1.94. The molecule has 0 aromatic carbocycles. The summed E-state index contributed by atoms with van der Waals surface area (Å²) in [5, 5.41) is 5.41. The second-order valence-electron chi connectivity index (χ2n) is 6.60. The minimum Gasteiger partial charge on any atom is -0.468 e. The smallest absolute Gasteiger partial charge is 0.309 e. The Morgan fingerprint density at radius 1 is 1.00 bits per heavy atom. The third kappa shape index (κ3) is 6.03. The normalized spacial score (nSPS) is 20.1. The van der Waals surface area contributed by atoms with Crippen LogP contribution in [0.15, 0.2) is 22.8 Å². The van der Waals surface area contributed by atoms with Crippen LogP contribution in [0, 0.1) is 0 Å². The van der Waals surface area contributed by atoms with Crippen molar-refractivity contribution in [3.8, 4) is 0 Å². The van der Waals surface area contributed by atoms with Crippen molar-refractivity contribution in [3.05, 3.63) is 24.2 Å². The summed E-state index contributed by atoms with van der Waals surface area (Å²) in [5.74, 6) is -0.463. The predicted molar refractivity (Wildman–Crippen MR) is 97.1 cm³/mol. The molecule has 9 nitrogen and oxygen atoms in total. The molecule has 2 saturated heterocycles. The van der Waals surface area contributed by atoms with Gasteiger partial charge in [0, 0.05) is 45.8 Å². The lowest BCUT2D eigenvalue weighted by Gasteiger charge is -2.33. The Balaban J connectivity index is 1.43. The van der Waals surface area contributed by atoms with Crippen LogP contribution in [0.2, 0.25) is 0 Å². The SMILES string of the molecule is O=C(NCCN1CCOCC1)C(=O)NC[C@H](c1ccco1)N1CCOCC1. The van der Waals surface area contributed by atoms with Crippen LogP contribution >= 0.6 is 0 Å². The van der Waals surface area contributed by atoms with Crippen LogP contribution in [0.5, 0.6) is 0 Å². The molecule has 0 radical (unpaired) electrons. The first-order valence-corrected chi connectivity index (χ1v) is 9.45. The van der Waals surface area contributed by atoms with E-state index in [1.165, 1.54) is 0 Å². The predicted octanol–water partition coefficient (Wildman–Crippen LogP) is -0.782. The summed E-state index contributed by atoms with van der Waals surface area (Å²) in [6.07, 6.45) is 1.61. The highest BCUT2D eigenvalue weighted by Crippen LogP contribution is 2.21. The lowest BCUT2D eigenvalue weighted by molar-refractivity contribution is -0.139. The zero-order valence-corrected chi connectivity index (χ0v) is 15.5. The van der Waals surface area contributed by atoms with Gasteiger partial charge in [-0.15, -0.1) is 0 Å². The number of rotatable bonds is 7. The third-order valence-corrected chi connectivity index (χ3v) is 4.84. The van der Waals surface area contributed by atoms with E-state index in [4.69, 9.17) is 13.9 Å². The molecule has 1 aromatic rings. The zero-order valence-electron chi connectivity index (χ0n) is 15.5. The number of carbonyl (C=O) groups is 2. The van der Waals surface area contributed by atoms with E-state index < -0.39 is 11.8 Å². The summed E-state index contributed by atoms with van der Waals surface area (Å²) in [6, 6.07) is 3.59. The average molecular weight is 380 g/mol. The summed E-state index contributed by atoms with van der Waals surface area (Å²) >= 11 is 0. The van der Waals surface area contributed by atoms with Crippen molar-refractivity contribution in [2.24, 2.45) is 0 Å². The van der Waals surface area contributed by atoms with Crippen molar-refractivity contribution in [3.63, 3.8) is 0 Å². The van der Waals surface area contributed by atoms with E-state index in [-0.39, 0.29) is 6.04 Å². The molecule has 2 amide bonds. The fraction of sp³-hybridized carbons (Fsp3) is 0.667. The summed E-state index contributed by atoms with van der Waals surface area (Å²) < 4.78 is 16.2. The van der Waals surface area contributed by atoms with Crippen LogP contribution in [0.4, 0.5) is 0 Å². The van der Waals surface area contributed by atoms with E-state index in [2.05, 4.69) is 20.4 Å². The number of nitrogens with one attached hydrogen (secondary N) is 2. The lowest BCUT2D eigenvalue weighted by atomic mass is 10.1. The van der Waals surface area contributed by atoms with Crippen LogP contribution in [-0.2, 0) is 19.1 Å². The van der Waals surface area contributed by atoms with Gasteiger partial charge in [0.2, 0.25) is 0 Å². The van der Waals surface area contributed by atoms with Gasteiger partial charge in [-0.2, -0.15) is 0 Å². The Morgan fingerprint density at radius 3 is 2.33 bits per heavy atom. The third-order valence-electron chi connectivity index (χ3n) is 4.84. The number of furan rings is 1. The quantitative estimate of drug-likeness (QED) is 0.599. The molecule has 0 spiro atoms. The molecule has 0 aliphatic carbocycles. The van der Waals surface area contributed by atoms with Gasteiger partial charge in [0.05, 0.1) is 38.7 Å². The molecule has 2 aliphatic rings. The topological polar surface area (TPSA) is 96.3 Å². The van der Waals surface area contributed by atoms with Gasteiger partial charge in [0.15, 0.2) is 0 Å². The Bertz CT molecular complexity index is 583. The molecule has 0 bridgehead atoms. The molecule has 27 heavy (non-hydrogen) atoms. The van der Waals surface area contributed by atoms with E-state index in [0.717, 1.165) is 31.9 Å². The molecule has 3 rings (SSSR count). The van der Waals surface area contributed by atoms with Crippen molar-refractivity contribution < 1.29 is 23.5 Å². The van der Waals surface area contributed by atoms with Crippen LogP contribution < -0.4 is 10.6 Å². The minimum atomic E-state index is -0.623. The van der Waals surface area contributed by atoms with Crippen LogP contribution in [-0.4, -0.2) is 93.9 Å². The first-order chi connectivity index (χ1) is 13.2. The molecule has 0 unspecified atom stereocenters. The Labute approximate surface area is 158 Å². The maximum absolute atomic E-state index is 12.2. The lowest BCUT2D eigenvalue weighted by Crippen LogP contribution is -2.48. The summed E-state index contributed by atoms with van der Waals surface area (Å²) in [4.78, 5) is 28.6. The van der Waals surface area contributed by atoms with Gasteiger partial charge >= 0.3 is 11.8 Å². The van der Waals surface area contributed by atoms with E-state index in [9.17, 15) is 9.59 Å². The molecule has 2 N–H and O–H groups in total. The molecule has 2 fully saturated rings. The van der Waals surface area contributed by atoms with Gasteiger partial charge < -0.3 is 24.5 Å². The molecule has 1 aromatic heterocycles. The Morgan fingerprint density at radius 2 is 1.67 bits per heavy atom. The fourth-order valence-corrected chi connectivity index (χ4v) is 3.28. The van der Waals surface area contributed by atoms with Gasteiger partial charge in [-0.25, -0.2) is 0 Å². The zero-order chi connectivity index (χ0) is 18.9. The molecule has 9 heteroatoms. The van der Waals surface area contributed by atoms with Crippen LogP contribution in [0.1, 0.15) is 11.8 Å². The van der Waals surface area contributed by atoms with Gasteiger partial charge in [-0.3, -0.25) is 19.4 Å². The van der Waals surface area contributed by atoms with Crippen molar-refractivity contribution in [1.82, 2.24) is 20.4 Å². The highest BCUT2D eigenvalue weighted by molar-refractivity contribution is 6.35. The minimum absolute atomic E-state index is 0.117. The first kappa shape index (κ1) is 19.8. The van der Waals surface area contributed by atoms with E-state index >= 15 is 0 Å². The van der Waals surface area contributed by atoms with Gasteiger partial charge in [0.25, 0.3) is 0 Å². The van der Waals surface area contributed by atoms with Gasteiger partial charge in [-0.05, 0) is 12.1 Å². The van der Waals surface area contributed by atoms with Gasteiger partial charge in [0.1, 0.15) is 5.76 Å². The van der Waals surface area contributed by atoms with Crippen LogP contribution in [0.3, 0.4) is 0 Å². The maximum atomic E-state index is 12.2. The van der Waals surface area contributed by atoms with E-state index in [0.29, 0.717) is 46.1 Å². The number of hydrogen-bond donors (Lipinski definition) is 2. The number of carbonyl (C=O) groups excluding carboxylic acids is 2. The summed E-state index contributed by atoms with van der Waals surface area (Å²) in [7, 11) is 0. The second kappa shape index (κ2) is 10.4. The average Bonchev–Trinajstić information content (AvgIpc) is 3.24. The van der Waals surface area contributed by atoms with Crippen molar-refractivity contribution >= 4 is 11.8 Å². The van der Waals surface area contributed by atoms with Crippen molar-refractivity contribution in [2.75, 3.05) is 72.2 Å². The number of nitrogens with zero attached hydrogens (tertiary/aromatic N) is 2.